The summed E-state index contributed by atoms with van der Waals surface area (Å²) >= 11 is 8.15. The predicted molar refractivity (Wildman–Crippen MR) is 84.1 cm³/mol. The zero-order chi connectivity index (χ0) is 13.1. The van der Waals surface area contributed by atoms with E-state index < -0.39 is 0 Å². The van der Waals surface area contributed by atoms with Crippen molar-refractivity contribution in [1.29, 1.82) is 0 Å². The van der Waals surface area contributed by atoms with Gasteiger partial charge in [0.2, 0.25) is 5.91 Å². The maximum absolute atomic E-state index is 12.4. The monoisotopic (exact) mass is 387 g/mol. The van der Waals surface area contributed by atoms with E-state index >= 15 is 0 Å². The molecule has 1 N–H and O–H groups in total. The zero-order valence-electron chi connectivity index (χ0n) is 10.4. The van der Waals surface area contributed by atoms with Gasteiger partial charge in [-0.15, -0.1) is 0 Å². The fourth-order valence-corrected chi connectivity index (χ4v) is 5.49. The molecule has 3 saturated carbocycles. The van der Waals surface area contributed by atoms with Gasteiger partial charge in [0.1, 0.15) is 0 Å². The third kappa shape index (κ3) is 1.92. The second-order valence-electron chi connectivity index (χ2n) is 6.13. The lowest BCUT2D eigenvalue weighted by Crippen LogP contribution is -2.19. The number of carbonyl (C=O) groups is 1. The minimum atomic E-state index is 0.229. The van der Waals surface area contributed by atoms with E-state index in [0.29, 0.717) is 16.9 Å². The van der Waals surface area contributed by atoms with E-state index in [1.54, 1.807) is 0 Å². The quantitative estimate of drug-likeness (QED) is 0.758. The highest BCUT2D eigenvalue weighted by atomic mass is 127. The molecule has 100 valence electrons. The largest absolute Gasteiger partial charge is 0.325 e. The van der Waals surface area contributed by atoms with Gasteiger partial charge in [-0.2, -0.15) is 0 Å². The van der Waals surface area contributed by atoms with Crippen molar-refractivity contribution in [3.05, 3.63) is 26.8 Å². The zero-order valence-corrected chi connectivity index (χ0v) is 13.3. The molecule has 3 aliphatic carbocycles. The number of fused-ring (bicyclic) bond motifs is 5. The smallest absolute Gasteiger partial charge is 0.228 e. The molecule has 3 fully saturated rings. The third-order valence-electron chi connectivity index (χ3n) is 5.23. The summed E-state index contributed by atoms with van der Waals surface area (Å²) in [5.74, 6) is 3.60. The fourth-order valence-electron chi connectivity index (χ4n) is 4.48. The van der Waals surface area contributed by atoms with Crippen molar-refractivity contribution in [3.8, 4) is 0 Å². The molecule has 4 rings (SSSR count). The third-order valence-corrected chi connectivity index (χ3v) is 6.35. The number of nitrogens with one attached hydrogen (secondary N) is 1. The van der Waals surface area contributed by atoms with Crippen LogP contribution in [0, 0.1) is 33.2 Å². The molecule has 2 nitrogen and oxygen atoms in total. The fraction of sp³-hybridized carbons (Fsp3) is 0.533. The Morgan fingerprint density at radius 2 is 1.95 bits per heavy atom. The van der Waals surface area contributed by atoms with Crippen molar-refractivity contribution in [1.82, 2.24) is 0 Å². The van der Waals surface area contributed by atoms with Crippen molar-refractivity contribution < 1.29 is 4.79 Å². The predicted octanol–water partition coefficient (Wildman–Crippen LogP) is 4.18. The van der Waals surface area contributed by atoms with Crippen molar-refractivity contribution in [2.45, 2.75) is 19.3 Å². The van der Waals surface area contributed by atoms with Crippen LogP contribution in [0.2, 0.25) is 5.02 Å². The van der Waals surface area contributed by atoms with Crippen molar-refractivity contribution in [2.24, 2.45) is 29.6 Å². The summed E-state index contributed by atoms with van der Waals surface area (Å²) < 4.78 is 1.01. The van der Waals surface area contributed by atoms with Crippen molar-refractivity contribution in [2.75, 3.05) is 5.32 Å². The van der Waals surface area contributed by atoms with Crippen LogP contribution >= 0.6 is 34.2 Å². The first-order chi connectivity index (χ1) is 9.15. The first kappa shape index (κ1) is 12.5. The molecule has 19 heavy (non-hydrogen) atoms. The van der Waals surface area contributed by atoms with Crippen LogP contribution in [-0.2, 0) is 4.79 Å². The number of benzene rings is 1. The summed E-state index contributed by atoms with van der Waals surface area (Å²) in [6, 6.07) is 5.61. The van der Waals surface area contributed by atoms with E-state index in [1.807, 2.05) is 18.2 Å². The summed E-state index contributed by atoms with van der Waals surface area (Å²) in [5, 5.41) is 3.80. The number of amides is 1. The molecule has 4 atom stereocenters. The van der Waals surface area contributed by atoms with Crippen LogP contribution in [0.1, 0.15) is 19.3 Å². The Bertz CT molecular complexity index is 545. The molecular formula is C15H15ClINO. The van der Waals surface area contributed by atoms with Crippen LogP contribution in [0.25, 0.3) is 0 Å². The lowest BCUT2D eigenvalue weighted by Gasteiger charge is -2.11. The number of hydrogen-bond acceptors (Lipinski definition) is 1. The van der Waals surface area contributed by atoms with Gasteiger partial charge < -0.3 is 5.32 Å². The molecule has 0 spiro atoms. The summed E-state index contributed by atoms with van der Waals surface area (Å²) in [5.41, 5.74) is 0.896. The lowest BCUT2D eigenvalue weighted by atomic mass is 10.0. The molecule has 0 saturated heterocycles. The van der Waals surface area contributed by atoms with Crippen molar-refractivity contribution >= 4 is 45.8 Å². The molecule has 1 aromatic rings. The number of rotatable bonds is 2. The summed E-state index contributed by atoms with van der Waals surface area (Å²) in [6.45, 7) is 0. The molecule has 0 radical (unpaired) electrons. The van der Waals surface area contributed by atoms with E-state index in [0.717, 1.165) is 21.1 Å². The lowest BCUT2D eigenvalue weighted by molar-refractivity contribution is -0.118. The van der Waals surface area contributed by atoms with Crippen LogP contribution in [0.3, 0.4) is 0 Å². The molecule has 1 amide bonds. The van der Waals surface area contributed by atoms with Gasteiger partial charge in [-0.3, -0.25) is 4.79 Å². The Balaban J connectivity index is 1.48. The van der Waals surface area contributed by atoms with E-state index in [4.69, 9.17) is 11.6 Å². The number of anilines is 1. The maximum Gasteiger partial charge on any atom is 0.228 e. The van der Waals surface area contributed by atoms with E-state index in [1.165, 1.54) is 19.3 Å². The van der Waals surface area contributed by atoms with E-state index in [2.05, 4.69) is 27.9 Å². The summed E-state index contributed by atoms with van der Waals surface area (Å²) in [4.78, 5) is 12.4. The average Bonchev–Trinajstić information content (AvgIpc) is 2.82. The van der Waals surface area contributed by atoms with Crippen LogP contribution in [0.15, 0.2) is 18.2 Å². The molecular weight excluding hydrogens is 373 g/mol. The van der Waals surface area contributed by atoms with Gasteiger partial charge in [0, 0.05) is 14.5 Å². The van der Waals surface area contributed by atoms with Gasteiger partial charge in [0.05, 0.1) is 5.69 Å². The normalized spacial score (nSPS) is 38.1. The van der Waals surface area contributed by atoms with Gasteiger partial charge in [0.15, 0.2) is 0 Å². The number of halogens is 2. The summed E-state index contributed by atoms with van der Waals surface area (Å²) in [6.07, 6.45) is 4.10. The van der Waals surface area contributed by atoms with Gasteiger partial charge in [-0.05, 0) is 83.7 Å². The highest BCUT2D eigenvalue weighted by Gasteiger charge is 2.67. The Kier molecular flexibility index (Phi) is 2.85. The Morgan fingerprint density at radius 3 is 2.58 bits per heavy atom. The standard InChI is InChI=1S/C15H15ClINO/c16-9-3-4-11(10(17)6-9)18-15(19)14-12-7-1-2-8(5-7)13(12)14/h3-4,6-8,12-14H,1-2,5H2,(H,18,19). The molecule has 1 aromatic carbocycles. The minimum Gasteiger partial charge on any atom is -0.325 e. The highest BCUT2D eigenvalue weighted by molar-refractivity contribution is 14.1. The second kappa shape index (κ2) is 4.35. The Labute approximate surface area is 131 Å². The molecule has 3 aliphatic rings. The topological polar surface area (TPSA) is 29.1 Å². The first-order valence-electron chi connectivity index (χ1n) is 6.91. The van der Waals surface area contributed by atoms with Gasteiger partial charge in [-0.1, -0.05) is 11.6 Å². The van der Waals surface area contributed by atoms with Crippen LogP contribution < -0.4 is 5.32 Å². The molecule has 4 unspecified atom stereocenters. The molecule has 0 heterocycles. The van der Waals surface area contributed by atoms with E-state index in [9.17, 15) is 4.79 Å². The number of hydrogen-bond donors (Lipinski definition) is 1. The molecule has 0 aliphatic heterocycles. The molecule has 4 heteroatoms. The Hall–Kier alpha value is -0.290. The average molecular weight is 388 g/mol. The van der Waals surface area contributed by atoms with Gasteiger partial charge >= 0.3 is 0 Å². The second-order valence-corrected chi connectivity index (χ2v) is 7.73. The first-order valence-corrected chi connectivity index (χ1v) is 8.37. The number of carbonyl (C=O) groups excluding carboxylic acids is 1. The molecule has 0 aromatic heterocycles. The summed E-state index contributed by atoms with van der Waals surface area (Å²) in [7, 11) is 0. The van der Waals surface area contributed by atoms with Gasteiger partial charge in [0.25, 0.3) is 0 Å². The van der Waals surface area contributed by atoms with Crippen LogP contribution in [0.4, 0.5) is 5.69 Å². The highest BCUT2D eigenvalue weighted by Crippen LogP contribution is 2.69. The molecule has 2 bridgehead atoms. The minimum absolute atomic E-state index is 0.229. The van der Waals surface area contributed by atoms with E-state index in [-0.39, 0.29) is 11.8 Å². The van der Waals surface area contributed by atoms with Crippen LogP contribution in [-0.4, -0.2) is 5.91 Å². The van der Waals surface area contributed by atoms with Gasteiger partial charge in [-0.25, -0.2) is 0 Å². The van der Waals surface area contributed by atoms with Crippen molar-refractivity contribution in [3.63, 3.8) is 0 Å². The maximum atomic E-state index is 12.4. The Morgan fingerprint density at radius 1 is 1.26 bits per heavy atom. The van der Waals surface area contributed by atoms with Crippen LogP contribution in [0.5, 0.6) is 0 Å². The SMILES string of the molecule is O=C(Nc1ccc(Cl)cc1I)C1C2C3CCC(C3)C12.